The van der Waals surface area contributed by atoms with Crippen LogP contribution < -0.4 is 0 Å². The smallest absolute Gasteiger partial charge is 0.329 e. The molecule has 92 heavy (non-hydrogen) atoms. The van der Waals surface area contributed by atoms with Crippen LogP contribution in [0, 0.1) is 23.7 Å². The number of cyclic esters (lactones) is 4. The topological polar surface area (TPSA) is 241 Å². The van der Waals surface area contributed by atoms with Crippen molar-refractivity contribution >= 4 is 47.5 Å². The van der Waals surface area contributed by atoms with Crippen LogP contribution in [-0.2, 0) is 104 Å². The number of amides is 4. The predicted octanol–water partition coefficient (Wildman–Crippen LogP) is 8.21. The molecule has 7 rings (SSSR count). The van der Waals surface area contributed by atoms with Crippen LogP contribution in [0.15, 0.2) is 73.1 Å². The molecule has 1 saturated heterocycles. The molecule has 2 aromatic heterocycles. The van der Waals surface area contributed by atoms with E-state index < -0.39 is 107 Å². The minimum Gasteiger partial charge on any atom is -0.451 e. The van der Waals surface area contributed by atoms with E-state index in [0.29, 0.717) is 24.2 Å². The number of esters is 4. The van der Waals surface area contributed by atoms with Crippen molar-refractivity contribution in [3.05, 3.63) is 107 Å². The Balaban J connectivity index is 1.23. The number of likely N-dealkylation sites (N-methyl/N-ethyl adjacent to an activating group) is 4. The van der Waals surface area contributed by atoms with Gasteiger partial charge in [0, 0.05) is 67.6 Å². The third-order valence-electron chi connectivity index (χ3n) is 18.5. The summed E-state index contributed by atoms with van der Waals surface area (Å²) in [7, 11) is 9.03. The van der Waals surface area contributed by atoms with Gasteiger partial charge in [-0.15, -0.1) is 0 Å². The molecule has 0 radical (unpaired) electrons. The van der Waals surface area contributed by atoms with E-state index in [1.54, 1.807) is 26.6 Å². The second kappa shape index (κ2) is 31.4. The number of ether oxygens (including phenoxy) is 6. The van der Waals surface area contributed by atoms with Gasteiger partial charge in [-0.2, -0.15) is 10.2 Å². The molecular formula is C70H100N8O14. The number of carbonyl (C=O) groups is 8. The van der Waals surface area contributed by atoms with Gasteiger partial charge in [0.1, 0.15) is 35.4 Å². The fourth-order valence-corrected chi connectivity index (χ4v) is 12.6. The number of rotatable bonds is 20. The van der Waals surface area contributed by atoms with E-state index in [-0.39, 0.29) is 62.2 Å². The van der Waals surface area contributed by atoms with Crippen molar-refractivity contribution in [3.63, 3.8) is 0 Å². The highest BCUT2D eigenvalue weighted by atomic mass is 16.6. The van der Waals surface area contributed by atoms with Crippen molar-refractivity contribution in [2.24, 2.45) is 23.7 Å². The first-order valence-electron chi connectivity index (χ1n) is 32.7. The standard InChI is InChI=1S/C70H100N8O14/c1-43(2)35-53-65(83)89-47(9)61(79)73(11)56(38-46(7)8)68(86)92-58(40-50-21-25-52(26-22-50)42-78-60(28-34-72-78)70(88-16)31-18-32-70)64(82)76(14)54(36-44(3)4)66(84)90-48(10)62(80)74(12)55(37-45(5)6)67(85)91-57(63(81)75(53)13)39-49-19-23-51(24-20-49)41-77-59(27-33-71-77)69(87-15)29-17-30-69/h19-28,33-34,43-48,53-58H,17-18,29-32,35-42H2,1-16H3/t47-,48-,53+,54?,55+,56+,57-,58-/m1/s1. The summed E-state index contributed by atoms with van der Waals surface area (Å²) in [6, 6.07) is 13.6. The van der Waals surface area contributed by atoms with Crippen LogP contribution in [0.1, 0.15) is 167 Å². The Labute approximate surface area is 543 Å². The second-order valence-corrected chi connectivity index (χ2v) is 27.3. The monoisotopic (exact) mass is 1280 g/mol. The third-order valence-corrected chi connectivity index (χ3v) is 18.5. The molecule has 3 aliphatic rings. The Hall–Kier alpha value is -7.46. The Morgan fingerprint density at radius 3 is 0.957 bits per heavy atom. The van der Waals surface area contributed by atoms with Gasteiger partial charge in [-0.25, -0.2) is 19.2 Å². The fraction of sp³-hybridized carbons (Fsp3) is 0.629. The zero-order chi connectivity index (χ0) is 67.5. The molecule has 22 nitrogen and oxygen atoms in total. The Kier molecular flexibility index (Phi) is 24.6. The lowest BCUT2D eigenvalue weighted by Crippen LogP contribution is -2.55. The Morgan fingerprint density at radius 1 is 0.424 bits per heavy atom. The summed E-state index contributed by atoms with van der Waals surface area (Å²) in [6.45, 7) is 18.5. The number of nitrogens with zero attached hydrogens (tertiary/aromatic N) is 8. The summed E-state index contributed by atoms with van der Waals surface area (Å²) >= 11 is 0. The number of hydrogen-bond acceptors (Lipinski definition) is 16. The second-order valence-electron chi connectivity index (χ2n) is 27.3. The normalized spacial score (nSPS) is 24.4. The van der Waals surface area contributed by atoms with Crippen LogP contribution in [0.4, 0.5) is 0 Å². The molecule has 22 heteroatoms. The maximum absolute atomic E-state index is 15.2. The van der Waals surface area contributed by atoms with Crippen LogP contribution in [0.25, 0.3) is 0 Å². The van der Waals surface area contributed by atoms with Crippen molar-refractivity contribution in [2.45, 2.75) is 219 Å². The summed E-state index contributed by atoms with van der Waals surface area (Å²) in [5, 5.41) is 9.20. The van der Waals surface area contributed by atoms with Crippen molar-refractivity contribution in [3.8, 4) is 0 Å². The number of methoxy groups -OCH3 is 2. The molecular weight excluding hydrogens is 1180 g/mol. The lowest BCUT2D eigenvalue weighted by Gasteiger charge is -2.40. The summed E-state index contributed by atoms with van der Waals surface area (Å²) in [5.74, 6) is -7.51. The van der Waals surface area contributed by atoms with Gasteiger partial charge in [0.25, 0.3) is 23.6 Å². The van der Waals surface area contributed by atoms with E-state index in [1.807, 2.05) is 125 Å². The van der Waals surface area contributed by atoms with E-state index in [4.69, 9.17) is 28.4 Å². The number of aromatic nitrogens is 4. The van der Waals surface area contributed by atoms with Gasteiger partial charge in [-0.3, -0.25) is 28.5 Å². The zero-order valence-electron chi connectivity index (χ0n) is 57.0. The number of benzene rings is 2. The zero-order valence-corrected chi connectivity index (χ0v) is 57.0. The highest BCUT2D eigenvalue weighted by molar-refractivity contribution is 5.94. The van der Waals surface area contributed by atoms with Crippen LogP contribution in [0.5, 0.6) is 0 Å². The summed E-state index contributed by atoms with van der Waals surface area (Å²) < 4.78 is 40.3. The van der Waals surface area contributed by atoms with Gasteiger partial charge < -0.3 is 48.0 Å². The van der Waals surface area contributed by atoms with Gasteiger partial charge in [-0.1, -0.05) is 104 Å². The predicted molar refractivity (Wildman–Crippen MR) is 343 cm³/mol. The van der Waals surface area contributed by atoms with Crippen LogP contribution in [-0.4, -0.2) is 178 Å². The molecule has 2 aliphatic carbocycles. The molecule has 2 aromatic carbocycles. The molecule has 0 spiro atoms. The highest BCUT2D eigenvalue weighted by Crippen LogP contribution is 2.45. The third kappa shape index (κ3) is 17.2. The Morgan fingerprint density at radius 2 is 0.696 bits per heavy atom. The summed E-state index contributed by atoms with van der Waals surface area (Å²) in [4.78, 5) is 123. The number of hydrogen-bond donors (Lipinski definition) is 0. The molecule has 4 aromatic rings. The van der Waals surface area contributed by atoms with Gasteiger partial charge in [0.15, 0.2) is 24.4 Å². The molecule has 1 unspecified atom stereocenters. The fourth-order valence-electron chi connectivity index (χ4n) is 12.6. The molecule has 1 aliphatic heterocycles. The molecule has 8 atom stereocenters. The highest BCUT2D eigenvalue weighted by Gasteiger charge is 2.45. The van der Waals surface area contributed by atoms with Crippen molar-refractivity contribution in [1.82, 2.24) is 39.2 Å². The Bertz CT molecular complexity index is 2950. The maximum atomic E-state index is 15.2. The average molecular weight is 1280 g/mol. The minimum atomic E-state index is -1.55. The van der Waals surface area contributed by atoms with E-state index >= 15 is 9.59 Å². The first-order chi connectivity index (χ1) is 43.5. The molecule has 0 N–H and O–H groups in total. The molecule has 3 fully saturated rings. The van der Waals surface area contributed by atoms with E-state index in [2.05, 4.69) is 10.2 Å². The summed E-state index contributed by atoms with van der Waals surface area (Å²) in [6.07, 6.45) is 3.05. The van der Waals surface area contributed by atoms with Crippen LogP contribution >= 0.6 is 0 Å². The maximum Gasteiger partial charge on any atom is 0.329 e. The SMILES string of the molecule is COC1(c2ccnn2Cc2ccc(C[C@H]3OC(=O)[C@H](CC(C)C)N(C)C(=O)[C@@H](C)OC(=O)[C@H](CC(C)C)N(C)C(=O)[C@@H](Cc4ccc(Cn5nccc5C5(OC)CCC5)cc4)OC(=O)[C@H](CC(C)C)N(C)C(=O)[C@@H](C)OC(=O)C(CC(C)C)N(C)C3=O)cc2)CCC1. The lowest BCUT2D eigenvalue weighted by atomic mass is 9.77. The average Bonchev–Trinajstić information content (AvgIpc) is 1.52. The molecule has 504 valence electrons. The first kappa shape index (κ1) is 72.0. The molecule has 3 heterocycles. The van der Waals surface area contributed by atoms with Gasteiger partial charge in [0.05, 0.1) is 24.5 Å². The van der Waals surface area contributed by atoms with E-state index in [9.17, 15) is 28.8 Å². The number of carbonyl (C=O) groups excluding carboxylic acids is 8. The lowest BCUT2D eigenvalue weighted by molar-refractivity contribution is -0.176. The minimum absolute atomic E-state index is 0.0734. The van der Waals surface area contributed by atoms with Gasteiger partial charge in [-0.05, 0) is 136 Å². The van der Waals surface area contributed by atoms with Crippen molar-refractivity contribution < 1.29 is 66.8 Å². The first-order valence-corrected chi connectivity index (χ1v) is 32.7. The quantitative estimate of drug-likeness (QED) is 0.0598. The molecule has 0 bridgehead atoms. The van der Waals surface area contributed by atoms with Crippen LogP contribution in [0.2, 0.25) is 0 Å². The van der Waals surface area contributed by atoms with E-state index in [1.165, 1.54) is 51.8 Å². The molecule has 2 saturated carbocycles. The van der Waals surface area contributed by atoms with Crippen molar-refractivity contribution in [2.75, 3.05) is 42.4 Å². The largest absolute Gasteiger partial charge is 0.451 e. The summed E-state index contributed by atoms with van der Waals surface area (Å²) in [5.41, 5.74) is 4.20. The van der Waals surface area contributed by atoms with Crippen LogP contribution in [0.3, 0.4) is 0 Å². The van der Waals surface area contributed by atoms with Crippen molar-refractivity contribution in [1.29, 1.82) is 0 Å². The van der Waals surface area contributed by atoms with E-state index in [0.717, 1.165) is 70.8 Å². The molecule has 4 amide bonds. The van der Waals surface area contributed by atoms with Gasteiger partial charge in [0.2, 0.25) is 0 Å². The van der Waals surface area contributed by atoms with Gasteiger partial charge >= 0.3 is 23.9 Å².